The number of hydrogen-bond donors (Lipinski definition) is 1. The molecule has 0 aliphatic carbocycles. The van der Waals surface area contributed by atoms with Crippen molar-refractivity contribution < 1.29 is 14.3 Å². The molecule has 3 aromatic carbocycles. The van der Waals surface area contributed by atoms with Crippen LogP contribution in [0, 0.1) is 13.8 Å². The number of nitrogens with one attached hydrogen (secondary N) is 1. The summed E-state index contributed by atoms with van der Waals surface area (Å²) in [6.07, 6.45) is 0. The van der Waals surface area contributed by atoms with Crippen LogP contribution in [-0.2, 0) is 16.1 Å². The van der Waals surface area contributed by atoms with Gasteiger partial charge in [-0.3, -0.25) is 14.5 Å². The van der Waals surface area contributed by atoms with Crippen LogP contribution in [0.15, 0.2) is 72.8 Å². The lowest BCUT2D eigenvalue weighted by Gasteiger charge is -2.34. The number of aromatic nitrogens is 4. The van der Waals surface area contributed by atoms with Gasteiger partial charge >= 0.3 is 0 Å². The Kier molecular flexibility index (Phi) is 8.09. The zero-order valence-corrected chi connectivity index (χ0v) is 23.2. The highest BCUT2D eigenvalue weighted by Gasteiger charge is 2.35. The van der Waals surface area contributed by atoms with E-state index in [9.17, 15) is 9.59 Å². The van der Waals surface area contributed by atoms with Crippen LogP contribution in [0.25, 0.3) is 11.4 Å². The first-order valence-corrected chi connectivity index (χ1v) is 12.7. The number of ether oxygens (including phenoxy) is 1. The Balaban J connectivity index is 1.75. The normalized spacial score (nSPS) is 12.1. The molecule has 9 heteroatoms. The van der Waals surface area contributed by atoms with Crippen LogP contribution in [-0.4, -0.2) is 44.7 Å². The molecule has 0 aliphatic heterocycles. The molecule has 39 heavy (non-hydrogen) atoms. The Hall–Kier alpha value is -4.53. The molecular formula is C30H34N6O3. The third-order valence-electron chi connectivity index (χ3n) is 6.04. The van der Waals surface area contributed by atoms with Crippen molar-refractivity contribution in [2.45, 2.75) is 52.7 Å². The fourth-order valence-corrected chi connectivity index (χ4v) is 4.13. The summed E-state index contributed by atoms with van der Waals surface area (Å²) in [6, 6.07) is 21.5. The molecule has 1 aromatic heterocycles. The molecule has 0 unspecified atom stereocenters. The van der Waals surface area contributed by atoms with E-state index in [0.717, 1.165) is 16.7 Å². The molecule has 202 valence electrons. The number of carbonyl (C=O) groups is 2. The summed E-state index contributed by atoms with van der Waals surface area (Å²) in [4.78, 5) is 30.6. The molecule has 0 saturated heterocycles. The van der Waals surface area contributed by atoms with Gasteiger partial charge in [0.25, 0.3) is 5.91 Å². The van der Waals surface area contributed by atoms with Gasteiger partial charge < -0.3 is 10.1 Å². The van der Waals surface area contributed by atoms with Crippen molar-refractivity contribution in [2.75, 3.05) is 12.0 Å². The zero-order chi connectivity index (χ0) is 28.2. The summed E-state index contributed by atoms with van der Waals surface area (Å²) in [6.45, 7) is 9.46. The first-order chi connectivity index (χ1) is 18.5. The number of aryl methyl sites for hydroxylation is 2. The van der Waals surface area contributed by atoms with Crippen LogP contribution >= 0.6 is 0 Å². The van der Waals surface area contributed by atoms with Crippen LogP contribution in [0.2, 0.25) is 0 Å². The van der Waals surface area contributed by atoms with E-state index in [0.29, 0.717) is 22.8 Å². The van der Waals surface area contributed by atoms with Gasteiger partial charge in [0.2, 0.25) is 11.7 Å². The fourth-order valence-electron chi connectivity index (χ4n) is 4.13. The van der Waals surface area contributed by atoms with Gasteiger partial charge in [0.15, 0.2) is 0 Å². The molecule has 0 saturated carbocycles. The van der Waals surface area contributed by atoms with Crippen LogP contribution in [0.3, 0.4) is 0 Å². The number of amides is 2. The average molecular weight is 527 g/mol. The second kappa shape index (κ2) is 11.5. The fraction of sp³-hybridized carbons (Fsp3) is 0.300. The second-order valence-corrected chi connectivity index (χ2v) is 10.5. The minimum Gasteiger partial charge on any atom is -0.497 e. The number of carbonyl (C=O) groups excluding carboxylic acids is 2. The Labute approximate surface area is 228 Å². The van der Waals surface area contributed by atoms with Crippen LogP contribution in [0.4, 0.5) is 5.69 Å². The molecule has 1 heterocycles. The van der Waals surface area contributed by atoms with E-state index in [2.05, 4.69) is 20.7 Å². The smallest absolute Gasteiger partial charge is 0.251 e. The zero-order valence-electron chi connectivity index (χ0n) is 23.2. The molecule has 4 aromatic rings. The number of anilines is 1. The standard InChI is InChI=1S/C30H34N6O3/c1-20-10-14-22(15-11-20)27(29(38)31-30(3,4)5)36(24-8-7-9-25(18-24)39-6)26(37)19-35-33-28(32-34-35)23-16-12-21(2)13-17-23/h7-18,27H,19H2,1-6H3,(H,31,38)/t27-/m0/s1. The SMILES string of the molecule is COc1cccc(N(C(=O)Cn2nnc(-c3ccc(C)cc3)n2)[C@H](C(=O)NC(C)(C)C)c2ccc(C)cc2)c1. The molecule has 9 nitrogen and oxygen atoms in total. The van der Waals surface area contributed by atoms with Crippen molar-refractivity contribution in [2.24, 2.45) is 0 Å². The first-order valence-electron chi connectivity index (χ1n) is 12.7. The van der Waals surface area contributed by atoms with Crippen molar-refractivity contribution in [3.05, 3.63) is 89.5 Å². The third-order valence-corrected chi connectivity index (χ3v) is 6.04. The minimum absolute atomic E-state index is 0.221. The molecule has 1 atom stereocenters. The van der Waals surface area contributed by atoms with Crippen molar-refractivity contribution >= 4 is 17.5 Å². The largest absolute Gasteiger partial charge is 0.497 e. The predicted octanol–water partition coefficient (Wildman–Crippen LogP) is 4.65. The predicted molar refractivity (Wildman–Crippen MR) is 150 cm³/mol. The third kappa shape index (κ3) is 6.87. The van der Waals surface area contributed by atoms with E-state index in [4.69, 9.17) is 4.74 Å². The van der Waals surface area contributed by atoms with Gasteiger partial charge in [-0.25, -0.2) is 0 Å². The van der Waals surface area contributed by atoms with Gasteiger partial charge in [-0.05, 0) is 57.5 Å². The van der Waals surface area contributed by atoms with Gasteiger partial charge in [0, 0.05) is 22.9 Å². The summed E-state index contributed by atoms with van der Waals surface area (Å²) in [5.74, 6) is 0.279. The lowest BCUT2D eigenvalue weighted by atomic mass is 9.99. The highest BCUT2D eigenvalue weighted by Crippen LogP contribution is 2.31. The number of benzene rings is 3. The molecule has 1 N–H and O–H groups in total. The summed E-state index contributed by atoms with van der Waals surface area (Å²) in [5.41, 5.74) is 3.62. The molecule has 4 rings (SSSR count). The molecule has 0 spiro atoms. The lowest BCUT2D eigenvalue weighted by Crippen LogP contribution is -2.50. The van der Waals surface area contributed by atoms with E-state index in [-0.39, 0.29) is 18.4 Å². The van der Waals surface area contributed by atoms with Crippen LogP contribution in [0.1, 0.15) is 43.5 Å². The number of tetrazole rings is 1. The summed E-state index contributed by atoms with van der Waals surface area (Å²) in [7, 11) is 1.56. The van der Waals surface area contributed by atoms with Crippen LogP contribution in [0.5, 0.6) is 5.75 Å². The van der Waals surface area contributed by atoms with Crippen LogP contribution < -0.4 is 15.0 Å². The van der Waals surface area contributed by atoms with Gasteiger partial charge in [-0.2, -0.15) is 4.80 Å². The molecule has 2 amide bonds. The molecular weight excluding hydrogens is 492 g/mol. The number of methoxy groups -OCH3 is 1. The number of nitrogens with zero attached hydrogens (tertiary/aromatic N) is 5. The van der Waals surface area contributed by atoms with E-state index in [1.807, 2.05) is 83.1 Å². The van der Waals surface area contributed by atoms with Crippen molar-refractivity contribution in [3.8, 4) is 17.1 Å². The summed E-state index contributed by atoms with van der Waals surface area (Å²) >= 11 is 0. The number of hydrogen-bond acceptors (Lipinski definition) is 6. The topological polar surface area (TPSA) is 102 Å². The maximum Gasteiger partial charge on any atom is 0.251 e. The van der Waals surface area contributed by atoms with E-state index in [1.165, 1.54) is 9.70 Å². The van der Waals surface area contributed by atoms with E-state index < -0.39 is 11.6 Å². The van der Waals surface area contributed by atoms with E-state index in [1.54, 1.807) is 31.4 Å². The van der Waals surface area contributed by atoms with Crippen molar-refractivity contribution in [3.63, 3.8) is 0 Å². The molecule has 0 radical (unpaired) electrons. The quantitative estimate of drug-likeness (QED) is 0.358. The Morgan fingerprint density at radius 1 is 0.974 bits per heavy atom. The highest BCUT2D eigenvalue weighted by atomic mass is 16.5. The second-order valence-electron chi connectivity index (χ2n) is 10.5. The van der Waals surface area contributed by atoms with E-state index >= 15 is 0 Å². The Morgan fingerprint density at radius 3 is 2.23 bits per heavy atom. The maximum atomic E-state index is 14.0. The molecule has 0 aliphatic rings. The molecule has 0 fully saturated rings. The average Bonchev–Trinajstić information content (AvgIpc) is 3.35. The maximum absolute atomic E-state index is 14.0. The van der Waals surface area contributed by atoms with Crippen molar-refractivity contribution in [1.29, 1.82) is 0 Å². The molecule has 0 bridgehead atoms. The summed E-state index contributed by atoms with van der Waals surface area (Å²) < 4.78 is 5.43. The highest BCUT2D eigenvalue weighted by molar-refractivity contribution is 6.01. The van der Waals surface area contributed by atoms with Gasteiger partial charge in [-0.15, -0.1) is 10.2 Å². The Bertz CT molecular complexity index is 1440. The lowest BCUT2D eigenvalue weighted by molar-refractivity contribution is -0.128. The number of rotatable bonds is 8. The monoisotopic (exact) mass is 526 g/mol. The Morgan fingerprint density at radius 2 is 1.62 bits per heavy atom. The first kappa shape index (κ1) is 27.5. The van der Waals surface area contributed by atoms with Crippen molar-refractivity contribution in [1.82, 2.24) is 25.5 Å². The summed E-state index contributed by atoms with van der Waals surface area (Å²) in [5, 5.41) is 15.7. The van der Waals surface area contributed by atoms with Gasteiger partial charge in [0.05, 0.1) is 7.11 Å². The van der Waals surface area contributed by atoms with Gasteiger partial charge in [-0.1, -0.05) is 65.7 Å². The minimum atomic E-state index is -0.954. The van der Waals surface area contributed by atoms with Gasteiger partial charge in [0.1, 0.15) is 18.3 Å².